The van der Waals surface area contributed by atoms with E-state index in [0.29, 0.717) is 11.5 Å². The fourth-order valence-electron chi connectivity index (χ4n) is 4.06. The van der Waals surface area contributed by atoms with Crippen LogP contribution in [-0.2, 0) is 22.5 Å². The molecule has 0 N–H and O–H groups in total. The van der Waals surface area contributed by atoms with Gasteiger partial charge in [-0.15, -0.1) is 0 Å². The van der Waals surface area contributed by atoms with E-state index in [0.717, 1.165) is 41.3 Å². The zero-order valence-electron chi connectivity index (χ0n) is 15.9. The van der Waals surface area contributed by atoms with Crippen molar-refractivity contribution < 1.29 is 13.6 Å². The highest BCUT2D eigenvalue weighted by atomic mass is 32.2. The van der Waals surface area contributed by atoms with Gasteiger partial charge in [-0.1, -0.05) is 42.1 Å². The SMILES string of the molecule is O=C(Cc1cccnc1)N1N=C(c2cc(F)ccc2F)SC12CCc1ccccc12. The standard InChI is InChI=1S/C23H17F2N3OS/c24-17-7-8-20(25)18(13-17)22-27-28(21(29)12-15-4-3-11-26-14-15)23(30-22)10-9-16-5-1-2-6-19(16)23/h1-8,11,13-14H,9-10,12H2. The van der Waals surface area contributed by atoms with Crippen molar-refractivity contribution in [2.24, 2.45) is 5.10 Å². The van der Waals surface area contributed by atoms with Crippen molar-refractivity contribution in [1.29, 1.82) is 0 Å². The Kier molecular flexibility index (Phi) is 4.62. The third-order valence-electron chi connectivity index (χ3n) is 5.44. The van der Waals surface area contributed by atoms with E-state index >= 15 is 0 Å². The number of aryl methyl sites for hydroxylation is 1. The maximum atomic E-state index is 14.5. The van der Waals surface area contributed by atoms with Gasteiger partial charge in [0.05, 0.1) is 6.42 Å². The molecule has 1 aliphatic carbocycles. The van der Waals surface area contributed by atoms with Crippen molar-refractivity contribution in [3.8, 4) is 0 Å². The van der Waals surface area contributed by atoms with E-state index in [1.807, 2.05) is 30.3 Å². The maximum absolute atomic E-state index is 14.5. The normalized spacial score (nSPS) is 19.8. The number of fused-ring (bicyclic) bond motifs is 2. The van der Waals surface area contributed by atoms with Crippen molar-refractivity contribution >= 4 is 22.7 Å². The first kappa shape index (κ1) is 18.9. The fourth-order valence-corrected chi connectivity index (χ4v) is 5.51. The number of benzene rings is 2. The number of halogens is 2. The number of hydrazone groups is 1. The first-order valence-corrected chi connectivity index (χ1v) is 10.4. The molecule has 1 aromatic heterocycles. The van der Waals surface area contributed by atoms with Crippen LogP contribution in [0.3, 0.4) is 0 Å². The summed E-state index contributed by atoms with van der Waals surface area (Å²) in [7, 11) is 0. The summed E-state index contributed by atoms with van der Waals surface area (Å²) in [6.07, 6.45) is 4.86. The molecule has 2 heterocycles. The van der Waals surface area contributed by atoms with Crippen LogP contribution in [-0.4, -0.2) is 20.9 Å². The van der Waals surface area contributed by atoms with Crippen LogP contribution in [0.25, 0.3) is 0 Å². The maximum Gasteiger partial charge on any atom is 0.248 e. The molecule has 1 amide bonds. The zero-order valence-corrected chi connectivity index (χ0v) is 16.7. The third kappa shape index (κ3) is 3.10. The molecule has 0 fully saturated rings. The Morgan fingerprint density at radius 3 is 2.83 bits per heavy atom. The molecule has 7 heteroatoms. The van der Waals surface area contributed by atoms with E-state index in [9.17, 15) is 13.6 Å². The summed E-state index contributed by atoms with van der Waals surface area (Å²) in [4.78, 5) is 16.6. The Morgan fingerprint density at radius 2 is 2.00 bits per heavy atom. The van der Waals surface area contributed by atoms with Crippen molar-refractivity contribution in [2.45, 2.75) is 24.1 Å². The van der Waals surface area contributed by atoms with Crippen LogP contribution in [0.2, 0.25) is 0 Å². The lowest BCUT2D eigenvalue weighted by molar-refractivity contribution is -0.133. The number of carbonyl (C=O) groups is 1. The minimum atomic E-state index is -0.760. The van der Waals surface area contributed by atoms with Gasteiger partial charge in [-0.2, -0.15) is 5.10 Å². The molecular formula is C23H17F2N3OS. The van der Waals surface area contributed by atoms with Gasteiger partial charge in [-0.05, 0) is 53.8 Å². The average Bonchev–Trinajstić information content (AvgIpc) is 3.33. The van der Waals surface area contributed by atoms with E-state index in [2.05, 4.69) is 10.1 Å². The Balaban J connectivity index is 1.59. The molecule has 2 aliphatic rings. The van der Waals surface area contributed by atoms with Crippen molar-refractivity contribution in [1.82, 2.24) is 9.99 Å². The van der Waals surface area contributed by atoms with Gasteiger partial charge in [0.25, 0.3) is 0 Å². The topological polar surface area (TPSA) is 45.6 Å². The number of amides is 1. The lowest BCUT2D eigenvalue weighted by atomic mass is 10.1. The molecule has 0 saturated heterocycles. The van der Waals surface area contributed by atoms with Crippen LogP contribution < -0.4 is 0 Å². The first-order valence-electron chi connectivity index (χ1n) is 9.60. The Hall–Kier alpha value is -3.06. The van der Waals surface area contributed by atoms with E-state index in [1.54, 1.807) is 18.5 Å². The Bertz CT molecular complexity index is 1170. The molecular weight excluding hydrogens is 404 g/mol. The molecule has 1 aliphatic heterocycles. The predicted molar refractivity (Wildman–Crippen MR) is 112 cm³/mol. The second kappa shape index (κ2) is 7.32. The van der Waals surface area contributed by atoms with E-state index < -0.39 is 16.5 Å². The van der Waals surface area contributed by atoms with Crippen LogP contribution >= 0.6 is 11.8 Å². The second-order valence-corrected chi connectivity index (χ2v) is 8.58. The molecule has 1 atom stereocenters. The molecule has 0 saturated carbocycles. The lowest BCUT2D eigenvalue weighted by Crippen LogP contribution is -2.40. The number of hydrogen-bond acceptors (Lipinski definition) is 4. The number of pyridine rings is 1. The van der Waals surface area contributed by atoms with Gasteiger partial charge in [-0.25, -0.2) is 13.8 Å². The molecule has 1 unspecified atom stereocenters. The molecule has 0 radical (unpaired) electrons. The van der Waals surface area contributed by atoms with Gasteiger partial charge in [-0.3, -0.25) is 9.78 Å². The van der Waals surface area contributed by atoms with Crippen LogP contribution in [0.15, 0.2) is 72.1 Å². The van der Waals surface area contributed by atoms with Crippen molar-refractivity contribution in [3.63, 3.8) is 0 Å². The summed E-state index contributed by atoms with van der Waals surface area (Å²) in [5.74, 6) is -1.32. The van der Waals surface area contributed by atoms with E-state index in [1.165, 1.54) is 16.8 Å². The lowest BCUT2D eigenvalue weighted by Gasteiger charge is -2.32. The van der Waals surface area contributed by atoms with Crippen molar-refractivity contribution in [3.05, 3.63) is 101 Å². The van der Waals surface area contributed by atoms with Gasteiger partial charge in [0.15, 0.2) is 0 Å². The summed E-state index contributed by atoms with van der Waals surface area (Å²) in [6, 6.07) is 14.8. The number of hydrogen-bond donors (Lipinski definition) is 0. The fraction of sp³-hybridized carbons (Fsp3) is 0.174. The quantitative estimate of drug-likeness (QED) is 0.619. The van der Waals surface area contributed by atoms with Gasteiger partial charge >= 0.3 is 0 Å². The smallest absolute Gasteiger partial charge is 0.248 e. The summed E-state index contributed by atoms with van der Waals surface area (Å²) in [5, 5.41) is 6.30. The molecule has 2 aromatic carbocycles. The largest absolute Gasteiger partial charge is 0.273 e. The molecule has 3 aromatic rings. The summed E-state index contributed by atoms with van der Waals surface area (Å²) in [5.41, 5.74) is 2.97. The van der Waals surface area contributed by atoms with Crippen LogP contribution in [0.4, 0.5) is 8.78 Å². The minimum absolute atomic E-state index is 0.0698. The molecule has 4 nitrogen and oxygen atoms in total. The van der Waals surface area contributed by atoms with Gasteiger partial charge in [0, 0.05) is 18.0 Å². The van der Waals surface area contributed by atoms with E-state index in [4.69, 9.17) is 0 Å². The van der Waals surface area contributed by atoms with Gasteiger partial charge in [0.2, 0.25) is 5.91 Å². The third-order valence-corrected chi connectivity index (χ3v) is 6.87. The average molecular weight is 421 g/mol. The van der Waals surface area contributed by atoms with Crippen LogP contribution in [0.5, 0.6) is 0 Å². The second-order valence-electron chi connectivity index (χ2n) is 7.32. The number of rotatable bonds is 3. The molecule has 5 rings (SSSR count). The van der Waals surface area contributed by atoms with Crippen LogP contribution in [0.1, 0.15) is 28.7 Å². The molecule has 0 bridgehead atoms. The predicted octanol–water partition coefficient (Wildman–Crippen LogP) is 4.64. The number of aromatic nitrogens is 1. The summed E-state index contributed by atoms with van der Waals surface area (Å²) < 4.78 is 28.3. The highest BCUT2D eigenvalue weighted by molar-refractivity contribution is 8.15. The van der Waals surface area contributed by atoms with Crippen molar-refractivity contribution in [2.75, 3.05) is 0 Å². The highest BCUT2D eigenvalue weighted by Gasteiger charge is 2.52. The number of carbonyl (C=O) groups excluding carboxylic acids is 1. The first-order chi connectivity index (χ1) is 14.6. The Morgan fingerprint density at radius 1 is 1.13 bits per heavy atom. The molecule has 30 heavy (non-hydrogen) atoms. The molecule has 1 spiro atoms. The zero-order chi connectivity index (χ0) is 20.7. The van der Waals surface area contributed by atoms with Gasteiger partial charge in [0.1, 0.15) is 21.5 Å². The van der Waals surface area contributed by atoms with Gasteiger partial charge < -0.3 is 0 Å². The van der Waals surface area contributed by atoms with E-state index in [-0.39, 0.29) is 17.9 Å². The Labute approximate surface area is 176 Å². The summed E-state index contributed by atoms with van der Waals surface area (Å²) in [6.45, 7) is 0. The highest BCUT2D eigenvalue weighted by Crippen LogP contribution is 2.55. The number of nitrogens with zero attached hydrogens (tertiary/aromatic N) is 3. The summed E-state index contributed by atoms with van der Waals surface area (Å²) >= 11 is 1.32. The molecule has 150 valence electrons. The minimum Gasteiger partial charge on any atom is -0.273 e. The van der Waals surface area contributed by atoms with Crippen LogP contribution in [0, 0.1) is 11.6 Å². The monoisotopic (exact) mass is 421 g/mol. The number of thioether (sulfide) groups is 1.